The van der Waals surface area contributed by atoms with Crippen LogP contribution in [0.15, 0.2) is 28.4 Å². The molecule has 3 N–H and O–H groups in total. The van der Waals surface area contributed by atoms with Crippen LogP contribution in [0.25, 0.3) is 0 Å². The summed E-state index contributed by atoms with van der Waals surface area (Å²) < 4.78 is 17.6. The van der Waals surface area contributed by atoms with Crippen molar-refractivity contribution in [1.82, 2.24) is 15.0 Å². The number of piperidine rings is 1. The smallest absolute Gasteiger partial charge is 0.175 e. The van der Waals surface area contributed by atoms with Crippen LogP contribution in [0.2, 0.25) is 0 Å². The molecule has 0 aliphatic carbocycles. The van der Waals surface area contributed by atoms with Crippen molar-refractivity contribution in [3.05, 3.63) is 24.2 Å². The first-order chi connectivity index (χ1) is 17.5. The van der Waals surface area contributed by atoms with Gasteiger partial charge in [-0.05, 0) is 32.3 Å². The van der Waals surface area contributed by atoms with Gasteiger partial charge >= 0.3 is 0 Å². The van der Waals surface area contributed by atoms with Crippen molar-refractivity contribution in [2.24, 2.45) is 11.1 Å². The van der Waals surface area contributed by atoms with E-state index < -0.39 is 0 Å². The van der Waals surface area contributed by atoms with Crippen LogP contribution in [0.3, 0.4) is 0 Å². The fourth-order valence-electron chi connectivity index (χ4n) is 6.05. The molecule has 6 rings (SSSR count). The van der Waals surface area contributed by atoms with Crippen LogP contribution in [0.4, 0.5) is 11.6 Å². The molecular weight excluding hydrogens is 480 g/mol. The Morgan fingerprint density at radius 2 is 2.11 bits per heavy atom. The van der Waals surface area contributed by atoms with Crippen molar-refractivity contribution >= 4 is 23.4 Å². The minimum Gasteiger partial charge on any atom is -0.486 e. The number of nitrogens with two attached hydrogens (primary N) is 1. The monoisotopic (exact) mass is 514 g/mol. The Bertz CT molecular complexity index is 1110. The molecule has 0 amide bonds. The summed E-state index contributed by atoms with van der Waals surface area (Å²) in [5.74, 6) is 2.38. The number of aliphatic hydroxyl groups excluding tert-OH is 1. The average molecular weight is 515 g/mol. The molecule has 4 aliphatic rings. The molecule has 1 unspecified atom stereocenters. The maximum Gasteiger partial charge on any atom is 0.175 e. The molecule has 36 heavy (non-hydrogen) atoms. The van der Waals surface area contributed by atoms with E-state index in [0.717, 1.165) is 67.8 Å². The second-order valence-electron chi connectivity index (χ2n) is 10.3. The standard InChI is InChI=1S/C25H34N6O4S/c1-15-22(26)25(14-35-15)4-7-30(8-5-25)23-18(12-32)29-20(10-28-23)36-19-3-6-27-24-21(19)34-13-16-9-17(33-2)11-31(16)24/h3,6,10,15-17,22,32H,4-5,7-9,11-14,26H2,1-2H3/t15-,16?,17+,22+/m0/s1. The molecule has 3 saturated heterocycles. The molecule has 4 aliphatic heterocycles. The van der Waals surface area contributed by atoms with Crippen LogP contribution < -0.4 is 20.3 Å². The Kier molecular flexibility index (Phi) is 6.45. The highest BCUT2D eigenvalue weighted by Gasteiger charge is 2.48. The highest BCUT2D eigenvalue weighted by molar-refractivity contribution is 7.99. The normalized spacial score (nSPS) is 28.8. The molecule has 0 bridgehead atoms. The van der Waals surface area contributed by atoms with Gasteiger partial charge in [0.1, 0.15) is 17.3 Å². The molecule has 3 fully saturated rings. The number of fused-ring (bicyclic) bond motifs is 3. The van der Waals surface area contributed by atoms with E-state index in [9.17, 15) is 5.11 Å². The van der Waals surface area contributed by atoms with E-state index in [1.54, 1.807) is 13.3 Å². The predicted octanol–water partition coefficient (Wildman–Crippen LogP) is 1.83. The van der Waals surface area contributed by atoms with Gasteiger partial charge in [0.25, 0.3) is 0 Å². The van der Waals surface area contributed by atoms with Gasteiger partial charge in [-0.25, -0.2) is 15.0 Å². The van der Waals surface area contributed by atoms with E-state index in [1.807, 2.05) is 12.3 Å². The summed E-state index contributed by atoms with van der Waals surface area (Å²) in [5, 5.41) is 10.8. The lowest BCUT2D eigenvalue weighted by Gasteiger charge is -2.41. The molecule has 11 heteroatoms. The zero-order valence-electron chi connectivity index (χ0n) is 20.8. The molecular formula is C25H34N6O4S. The number of hydrogen-bond acceptors (Lipinski definition) is 11. The van der Waals surface area contributed by atoms with Crippen molar-refractivity contribution in [1.29, 1.82) is 0 Å². The third-order valence-electron chi connectivity index (χ3n) is 8.32. The number of nitrogens with zero attached hydrogens (tertiary/aromatic N) is 5. The first kappa shape index (κ1) is 24.2. The Morgan fingerprint density at radius 3 is 2.83 bits per heavy atom. The lowest BCUT2D eigenvalue weighted by Crippen LogP contribution is -2.51. The van der Waals surface area contributed by atoms with Crippen molar-refractivity contribution in [2.75, 3.05) is 49.8 Å². The first-order valence-corrected chi connectivity index (χ1v) is 13.5. The Balaban J connectivity index is 1.19. The fourth-order valence-corrected chi connectivity index (χ4v) is 6.91. The van der Waals surface area contributed by atoms with Crippen LogP contribution in [-0.2, 0) is 16.1 Å². The van der Waals surface area contributed by atoms with Gasteiger partial charge in [-0.2, -0.15) is 0 Å². The number of aliphatic hydroxyl groups is 1. The van der Waals surface area contributed by atoms with Crippen molar-refractivity contribution in [3.63, 3.8) is 0 Å². The number of pyridine rings is 1. The summed E-state index contributed by atoms with van der Waals surface area (Å²) in [6.07, 6.45) is 6.72. The van der Waals surface area contributed by atoms with Gasteiger partial charge in [-0.15, -0.1) is 0 Å². The summed E-state index contributed by atoms with van der Waals surface area (Å²) in [5.41, 5.74) is 7.10. The van der Waals surface area contributed by atoms with Crippen LogP contribution in [-0.4, -0.2) is 84.3 Å². The molecule has 10 nitrogen and oxygen atoms in total. The number of rotatable bonds is 5. The average Bonchev–Trinajstić information content (AvgIpc) is 3.46. The largest absolute Gasteiger partial charge is 0.486 e. The highest BCUT2D eigenvalue weighted by Crippen LogP contribution is 2.45. The second kappa shape index (κ2) is 9.60. The molecule has 194 valence electrons. The van der Waals surface area contributed by atoms with E-state index in [1.165, 1.54) is 11.8 Å². The van der Waals surface area contributed by atoms with Gasteiger partial charge in [0.15, 0.2) is 17.4 Å². The van der Waals surface area contributed by atoms with Gasteiger partial charge in [-0.1, -0.05) is 11.8 Å². The SMILES string of the molecule is CO[C@@H]1CC2COc3c(Sc4cnc(N5CCC6(CC5)CO[C@@H](C)[C@H]6N)c(CO)n4)ccnc3N2C1. The quantitative estimate of drug-likeness (QED) is 0.608. The number of anilines is 2. The molecule has 0 radical (unpaired) electrons. The molecule has 2 aromatic rings. The number of aromatic nitrogens is 3. The van der Waals surface area contributed by atoms with Gasteiger partial charge in [0.05, 0.1) is 42.6 Å². The summed E-state index contributed by atoms with van der Waals surface area (Å²) in [6, 6.07) is 2.29. The fraction of sp³-hybridized carbons (Fsp3) is 0.640. The molecule has 0 aromatic carbocycles. The van der Waals surface area contributed by atoms with E-state index in [0.29, 0.717) is 17.3 Å². The van der Waals surface area contributed by atoms with Gasteiger partial charge in [0, 0.05) is 44.4 Å². The maximum absolute atomic E-state index is 10.1. The van der Waals surface area contributed by atoms with Crippen molar-refractivity contribution in [3.8, 4) is 5.75 Å². The summed E-state index contributed by atoms with van der Waals surface area (Å²) in [7, 11) is 1.76. The molecule has 0 saturated carbocycles. The molecule has 2 aromatic heterocycles. The van der Waals surface area contributed by atoms with E-state index >= 15 is 0 Å². The number of ether oxygens (including phenoxy) is 3. The minimum absolute atomic E-state index is 0.0383. The lowest BCUT2D eigenvalue weighted by molar-refractivity contribution is 0.0973. The van der Waals surface area contributed by atoms with Crippen LogP contribution in [0, 0.1) is 5.41 Å². The molecule has 1 spiro atoms. The molecule has 6 heterocycles. The topological polar surface area (TPSA) is 119 Å². The zero-order chi connectivity index (χ0) is 24.9. The first-order valence-electron chi connectivity index (χ1n) is 12.7. The Hall–Kier alpha value is -2.18. The highest BCUT2D eigenvalue weighted by atomic mass is 32.2. The van der Waals surface area contributed by atoms with Gasteiger partial charge in [0.2, 0.25) is 0 Å². The van der Waals surface area contributed by atoms with Crippen LogP contribution >= 0.6 is 11.8 Å². The van der Waals surface area contributed by atoms with Gasteiger partial charge in [-0.3, -0.25) is 0 Å². The Labute approximate surface area is 215 Å². The maximum atomic E-state index is 10.1. The van der Waals surface area contributed by atoms with Crippen LogP contribution in [0.1, 0.15) is 31.9 Å². The van der Waals surface area contributed by atoms with Gasteiger partial charge < -0.3 is 34.9 Å². The number of methoxy groups -OCH3 is 1. The van der Waals surface area contributed by atoms with Crippen LogP contribution in [0.5, 0.6) is 5.75 Å². The van der Waals surface area contributed by atoms with E-state index in [2.05, 4.69) is 21.7 Å². The summed E-state index contributed by atoms with van der Waals surface area (Å²) >= 11 is 1.48. The third kappa shape index (κ3) is 4.10. The van der Waals surface area contributed by atoms with E-state index in [-0.39, 0.29) is 36.3 Å². The zero-order valence-corrected chi connectivity index (χ0v) is 21.6. The molecule has 4 atom stereocenters. The third-order valence-corrected chi connectivity index (χ3v) is 9.27. The van der Waals surface area contributed by atoms with Crippen molar-refractivity contribution < 1.29 is 19.3 Å². The van der Waals surface area contributed by atoms with Crippen molar-refractivity contribution in [2.45, 2.75) is 67.0 Å². The van der Waals surface area contributed by atoms with E-state index in [4.69, 9.17) is 29.9 Å². The second-order valence-corrected chi connectivity index (χ2v) is 11.4. The number of hydrogen-bond donors (Lipinski definition) is 2. The predicted molar refractivity (Wildman–Crippen MR) is 136 cm³/mol. The minimum atomic E-state index is -0.170. The Morgan fingerprint density at radius 1 is 1.28 bits per heavy atom. The summed E-state index contributed by atoms with van der Waals surface area (Å²) in [6.45, 7) is 5.68. The lowest BCUT2D eigenvalue weighted by atomic mass is 9.73. The summed E-state index contributed by atoms with van der Waals surface area (Å²) in [4.78, 5) is 19.6.